The highest BCUT2D eigenvalue weighted by molar-refractivity contribution is 5.99. The lowest BCUT2D eigenvalue weighted by molar-refractivity contribution is -0.121. The van der Waals surface area contributed by atoms with Crippen LogP contribution < -0.4 is 5.32 Å². The van der Waals surface area contributed by atoms with Crippen LogP contribution in [-0.4, -0.2) is 22.8 Å². The van der Waals surface area contributed by atoms with Crippen molar-refractivity contribution in [2.75, 3.05) is 6.54 Å². The number of nitrogens with zero attached hydrogens (tertiary/aromatic N) is 1. The number of nitrogens with one attached hydrogen (secondary N) is 1. The van der Waals surface area contributed by atoms with Crippen molar-refractivity contribution in [3.8, 4) is 0 Å². The summed E-state index contributed by atoms with van der Waals surface area (Å²) in [5.41, 5.74) is 1.79. The summed E-state index contributed by atoms with van der Waals surface area (Å²) in [6.45, 7) is 7.23. The molecule has 0 bridgehead atoms. The average molecular weight is 262 g/mol. The Hall–Kier alpha value is -1.58. The third-order valence-electron chi connectivity index (χ3n) is 3.55. The fraction of sp³-hybridized carbons (Fsp3) is 0.600. The van der Waals surface area contributed by atoms with Gasteiger partial charge in [-0.2, -0.15) is 0 Å². The molecule has 1 heterocycles. The van der Waals surface area contributed by atoms with E-state index in [1.807, 2.05) is 23.8 Å². The first-order chi connectivity index (χ1) is 8.93. The number of amides is 1. The molecule has 1 amide bonds. The molecule has 0 unspecified atom stereocenters. The quantitative estimate of drug-likeness (QED) is 0.904. The third-order valence-corrected chi connectivity index (χ3v) is 3.55. The molecule has 0 fully saturated rings. The van der Waals surface area contributed by atoms with Crippen LogP contribution in [0.5, 0.6) is 0 Å². The molecule has 0 aliphatic heterocycles. The molecule has 0 spiro atoms. The number of aromatic nitrogens is 1. The number of ketones is 1. The molecule has 1 N–H and O–H groups in total. The van der Waals surface area contributed by atoms with Gasteiger partial charge in [0.1, 0.15) is 6.54 Å². The lowest BCUT2D eigenvalue weighted by atomic mass is 9.76. The summed E-state index contributed by atoms with van der Waals surface area (Å²) in [6.07, 6.45) is 4.23. The molecule has 1 aliphatic carbocycles. The van der Waals surface area contributed by atoms with Crippen LogP contribution in [0.1, 0.15) is 49.7 Å². The summed E-state index contributed by atoms with van der Waals surface area (Å²) >= 11 is 0. The molecule has 4 heteroatoms. The van der Waals surface area contributed by atoms with Gasteiger partial charge in [-0.05, 0) is 24.3 Å². The number of Topliss-reactive ketones (excluding diaryl/α,β-unsaturated/α-hetero) is 1. The largest absolute Gasteiger partial charge is 0.355 e. The van der Waals surface area contributed by atoms with Gasteiger partial charge in [0, 0.05) is 30.4 Å². The Morgan fingerprint density at radius 2 is 2.16 bits per heavy atom. The van der Waals surface area contributed by atoms with E-state index in [2.05, 4.69) is 19.2 Å². The van der Waals surface area contributed by atoms with Crippen LogP contribution in [0, 0.1) is 5.41 Å². The van der Waals surface area contributed by atoms with Crippen LogP contribution in [0.4, 0.5) is 0 Å². The minimum atomic E-state index is -0.0138. The van der Waals surface area contributed by atoms with Crippen LogP contribution in [0.3, 0.4) is 0 Å². The zero-order valence-electron chi connectivity index (χ0n) is 12.0. The molecular formula is C15H22N2O2. The minimum absolute atomic E-state index is 0.0103. The number of carbonyl (C=O) groups is 2. The van der Waals surface area contributed by atoms with E-state index in [0.29, 0.717) is 19.5 Å². The summed E-state index contributed by atoms with van der Waals surface area (Å²) < 4.78 is 1.92. The van der Waals surface area contributed by atoms with Gasteiger partial charge in [0.15, 0.2) is 5.78 Å². The van der Waals surface area contributed by atoms with Gasteiger partial charge in [0.2, 0.25) is 5.91 Å². The normalized spacial score (nSPS) is 17.1. The Labute approximate surface area is 114 Å². The number of rotatable bonds is 4. The second-order valence-electron chi connectivity index (χ2n) is 6.09. The maximum absolute atomic E-state index is 12.1. The topological polar surface area (TPSA) is 51.1 Å². The van der Waals surface area contributed by atoms with Gasteiger partial charge < -0.3 is 9.88 Å². The lowest BCUT2D eigenvalue weighted by Gasteiger charge is -2.29. The van der Waals surface area contributed by atoms with Gasteiger partial charge in [-0.25, -0.2) is 0 Å². The van der Waals surface area contributed by atoms with Gasteiger partial charge in [-0.15, -0.1) is 0 Å². The second kappa shape index (κ2) is 5.19. The smallest absolute Gasteiger partial charge is 0.239 e. The molecule has 4 nitrogen and oxygen atoms in total. The Balaban J connectivity index is 2.16. The molecule has 1 aromatic rings. The number of hydrogen-bond donors (Lipinski definition) is 1. The molecule has 104 valence electrons. The van der Waals surface area contributed by atoms with Crippen molar-refractivity contribution in [1.82, 2.24) is 9.88 Å². The van der Waals surface area contributed by atoms with Gasteiger partial charge in [0.05, 0.1) is 0 Å². The second-order valence-corrected chi connectivity index (χ2v) is 6.09. The number of fused-ring (bicyclic) bond motifs is 1. The number of hydrogen-bond acceptors (Lipinski definition) is 2. The van der Waals surface area contributed by atoms with Crippen LogP contribution in [0.2, 0.25) is 0 Å². The first kappa shape index (κ1) is 13.8. The first-order valence-corrected chi connectivity index (χ1v) is 6.91. The van der Waals surface area contributed by atoms with Gasteiger partial charge in [-0.1, -0.05) is 20.8 Å². The van der Waals surface area contributed by atoms with E-state index in [1.165, 1.54) is 0 Å². The van der Waals surface area contributed by atoms with Crippen molar-refractivity contribution in [1.29, 1.82) is 0 Å². The zero-order valence-corrected chi connectivity index (χ0v) is 12.0. The molecule has 0 saturated carbocycles. The fourth-order valence-corrected chi connectivity index (χ4v) is 2.62. The van der Waals surface area contributed by atoms with Gasteiger partial charge in [-0.3, -0.25) is 9.59 Å². The summed E-state index contributed by atoms with van der Waals surface area (Å²) in [5, 5.41) is 2.86. The van der Waals surface area contributed by atoms with Gasteiger partial charge in [0.25, 0.3) is 0 Å². The Bertz CT molecular complexity index is 500. The van der Waals surface area contributed by atoms with Crippen molar-refractivity contribution in [3.05, 3.63) is 23.5 Å². The molecule has 0 aromatic carbocycles. The van der Waals surface area contributed by atoms with Crippen LogP contribution in [0.15, 0.2) is 12.3 Å². The molecule has 1 aliphatic rings. The van der Waals surface area contributed by atoms with E-state index in [1.54, 1.807) is 0 Å². The maximum atomic E-state index is 12.1. The van der Waals surface area contributed by atoms with Crippen molar-refractivity contribution < 1.29 is 9.59 Å². The summed E-state index contributed by atoms with van der Waals surface area (Å²) in [6, 6.07) is 1.85. The zero-order chi connectivity index (χ0) is 14.0. The highest BCUT2D eigenvalue weighted by atomic mass is 16.2. The molecule has 0 saturated heterocycles. The predicted octanol–water partition coefficient (Wildman–Crippen LogP) is 2.17. The molecule has 19 heavy (non-hydrogen) atoms. The van der Waals surface area contributed by atoms with E-state index < -0.39 is 0 Å². The van der Waals surface area contributed by atoms with Crippen molar-refractivity contribution in [2.45, 2.75) is 46.6 Å². The molecule has 1 aromatic heterocycles. The summed E-state index contributed by atoms with van der Waals surface area (Å²) in [4.78, 5) is 23.8. The summed E-state index contributed by atoms with van der Waals surface area (Å²) in [7, 11) is 0. The summed E-state index contributed by atoms with van der Waals surface area (Å²) in [5.74, 6) is 0.204. The Morgan fingerprint density at radius 3 is 2.84 bits per heavy atom. The van der Waals surface area contributed by atoms with Crippen molar-refractivity contribution >= 4 is 11.7 Å². The minimum Gasteiger partial charge on any atom is -0.355 e. The standard InChI is InChI=1S/C15H22N2O2/c1-4-6-16-14(19)10-17-7-5-11-12(17)8-15(2,3)9-13(11)18/h5,7H,4,6,8-10H2,1-3H3,(H,16,19). The maximum Gasteiger partial charge on any atom is 0.239 e. The van der Waals surface area contributed by atoms with Crippen LogP contribution in [0.25, 0.3) is 0 Å². The lowest BCUT2D eigenvalue weighted by Crippen LogP contribution is -2.31. The fourth-order valence-electron chi connectivity index (χ4n) is 2.62. The van der Waals surface area contributed by atoms with E-state index >= 15 is 0 Å². The average Bonchev–Trinajstić information content (AvgIpc) is 2.68. The van der Waals surface area contributed by atoms with E-state index in [-0.39, 0.29) is 17.1 Å². The van der Waals surface area contributed by atoms with E-state index in [4.69, 9.17) is 0 Å². The van der Waals surface area contributed by atoms with Crippen LogP contribution >= 0.6 is 0 Å². The van der Waals surface area contributed by atoms with E-state index in [9.17, 15) is 9.59 Å². The van der Waals surface area contributed by atoms with Crippen molar-refractivity contribution in [2.24, 2.45) is 5.41 Å². The highest BCUT2D eigenvalue weighted by Crippen LogP contribution is 2.35. The monoisotopic (exact) mass is 262 g/mol. The SMILES string of the molecule is CCCNC(=O)Cn1ccc2c1CC(C)(C)CC2=O. The van der Waals surface area contributed by atoms with Gasteiger partial charge >= 0.3 is 0 Å². The predicted molar refractivity (Wildman–Crippen MR) is 74.2 cm³/mol. The highest BCUT2D eigenvalue weighted by Gasteiger charge is 2.33. The molecule has 2 rings (SSSR count). The third kappa shape index (κ3) is 3.06. The number of carbonyl (C=O) groups excluding carboxylic acids is 2. The first-order valence-electron chi connectivity index (χ1n) is 6.91. The Morgan fingerprint density at radius 1 is 1.42 bits per heavy atom. The molecule has 0 atom stereocenters. The van der Waals surface area contributed by atoms with Crippen molar-refractivity contribution in [3.63, 3.8) is 0 Å². The molecular weight excluding hydrogens is 240 g/mol. The Kier molecular flexibility index (Phi) is 3.78. The molecule has 0 radical (unpaired) electrons. The van der Waals surface area contributed by atoms with E-state index in [0.717, 1.165) is 24.1 Å². The van der Waals surface area contributed by atoms with Crippen LogP contribution in [-0.2, 0) is 17.8 Å².